The van der Waals surface area contributed by atoms with Crippen molar-refractivity contribution in [1.29, 1.82) is 0 Å². The number of benzene rings is 1. The maximum Gasteiger partial charge on any atom is 0.0342 e. The Labute approximate surface area is 87.6 Å². The van der Waals surface area contributed by atoms with E-state index in [1.54, 1.807) is 0 Å². The first-order valence-electron chi connectivity index (χ1n) is 5.14. The number of rotatable bonds is 3. The van der Waals surface area contributed by atoms with Crippen LogP contribution in [0.5, 0.6) is 0 Å². The van der Waals surface area contributed by atoms with E-state index in [1.807, 2.05) is 18.2 Å². The molecular formula is C10H21NSi2. The molecule has 0 radical (unpaired) electrons. The Balaban J connectivity index is 0.000000671. The molecule has 1 atom stereocenters. The third kappa shape index (κ3) is 5.66. The number of para-hydroxylation sites is 1. The van der Waals surface area contributed by atoms with Crippen molar-refractivity contribution in [1.82, 2.24) is 0 Å². The van der Waals surface area contributed by atoms with Gasteiger partial charge in [-0.3, -0.25) is 0 Å². The maximum absolute atomic E-state index is 3.39. The second-order valence-electron chi connectivity index (χ2n) is 2.82. The van der Waals surface area contributed by atoms with Crippen molar-refractivity contribution in [3.63, 3.8) is 0 Å². The third-order valence-corrected chi connectivity index (χ3v) is 1.80. The van der Waals surface area contributed by atoms with Crippen molar-refractivity contribution < 1.29 is 0 Å². The molecule has 3 heteroatoms. The lowest BCUT2D eigenvalue weighted by atomic mass is 10.2. The highest BCUT2D eigenvalue weighted by Gasteiger charge is 1.95. The van der Waals surface area contributed by atoms with Gasteiger partial charge in [0.15, 0.2) is 0 Å². The zero-order valence-corrected chi connectivity index (χ0v) is 13.2. The van der Waals surface area contributed by atoms with Crippen LogP contribution >= 0.6 is 0 Å². The van der Waals surface area contributed by atoms with Gasteiger partial charge in [0.1, 0.15) is 0 Å². The minimum atomic E-state index is 0.567. The van der Waals surface area contributed by atoms with Crippen LogP contribution in [-0.4, -0.2) is 25.6 Å². The van der Waals surface area contributed by atoms with Gasteiger partial charge in [0.05, 0.1) is 0 Å². The summed E-state index contributed by atoms with van der Waals surface area (Å²) >= 11 is 0. The quantitative estimate of drug-likeness (QED) is 0.719. The minimum absolute atomic E-state index is 0.567. The van der Waals surface area contributed by atoms with Crippen LogP contribution in [0.1, 0.15) is 20.3 Å². The molecule has 0 saturated carbocycles. The molecule has 0 aliphatic carbocycles. The second kappa shape index (κ2) is 8.07. The SMILES string of the molecule is CCC(C)Nc1ccccc1.[SiH3][SiH3]. The second-order valence-corrected chi connectivity index (χ2v) is 2.82. The molecule has 0 heterocycles. The average molecular weight is 211 g/mol. The topological polar surface area (TPSA) is 12.0 Å². The van der Waals surface area contributed by atoms with Crippen molar-refractivity contribution in [3.8, 4) is 0 Å². The summed E-state index contributed by atoms with van der Waals surface area (Å²) in [5, 5.41) is 3.39. The summed E-state index contributed by atoms with van der Waals surface area (Å²) in [6, 6.07) is 10.9. The zero-order valence-electron chi connectivity index (χ0n) is 9.17. The summed E-state index contributed by atoms with van der Waals surface area (Å²) in [5.41, 5.74) is 1.21. The fourth-order valence-corrected chi connectivity index (χ4v) is 0.921. The van der Waals surface area contributed by atoms with Crippen LogP contribution in [0.15, 0.2) is 30.3 Å². The van der Waals surface area contributed by atoms with Crippen LogP contribution < -0.4 is 5.32 Å². The Morgan fingerprint density at radius 1 is 1.23 bits per heavy atom. The minimum Gasteiger partial charge on any atom is -0.383 e. The maximum atomic E-state index is 3.39. The summed E-state index contributed by atoms with van der Waals surface area (Å²) in [5.74, 6) is 0. The standard InChI is InChI=1S/C10H15N.H6Si2/c1-3-9(2)11-10-7-5-4-6-8-10;1-2/h4-9,11H,3H2,1-2H3;1-2H3. The van der Waals surface area contributed by atoms with Crippen LogP contribution in [0, 0.1) is 0 Å². The molecule has 1 rings (SSSR count). The first kappa shape index (κ1) is 12.5. The highest BCUT2D eigenvalue weighted by molar-refractivity contribution is 6.75. The lowest BCUT2D eigenvalue weighted by Crippen LogP contribution is -2.12. The van der Waals surface area contributed by atoms with Crippen LogP contribution in [0.2, 0.25) is 0 Å². The van der Waals surface area contributed by atoms with Crippen LogP contribution in [0.25, 0.3) is 0 Å². The normalized spacial score (nSPS) is 11.5. The van der Waals surface area contributed by atoms with E-state index in [0.29, 0.717) is 6.04 Å². The van der Waals surface area contributed by atoms with Crippen molar-refractivity contribution in [3.05, 3.63) is 30.3 Å². The molecule has 1 nitrogen and oxygen atoms in total. The molecule has 13 heavy (non-hydrogen) atoms. The van der Waals surface area contributed by atoms with Gasteiger partial charge < -0.3 is 5.32 Å². The Hall–Kier alpha value is -0.546. The smallest absolute Gasteiger partial charge is 0.0342 e. The molecule has 0 saturated heterocycles. The molecule has 74 valence electrons. The van der Waals surface area contributed by atoms with Gasteiger partial charge in [-0.05, 0) is 45.0 Å². The molecule has 0 bridgehead atoms. The first-order chi connectivity index (χ1) is 6.33. The average Bonchev–Trinajstić information content (AvgIpc) is 2.22. The largest absolute Gasteiger partial charge is 0.383 e. The lowest BCUT2D eigenvalue weighted by molar-refractivity contribution is 0.764. The van der Waals surface area contributed by atoms with Gasteiger partial charge in [0.25, 0.3) is 0 Å². The molecule has 0 spiro atoms. The highest BCUT2D eigenvalue weighted by atomic mass is 29.1. The van der Waals surface area contributed by atoms with Gasteiger partial charge >= 0.3 is 0 Å². The van der Waals surface area contributed by atoms with Crippen LogP contribution in [0.3, 0.4) is 0 Å². The molecule has 0 aliphatic rings. The first-order valence-corrected chi connectivity index (χ1v) is 13.1. The van der Waals surface area contributed by atoms with Crippen LogP contribution in [0.4, 0.5) is 5.69 Å². The van der Waals surface area contributed by atoms with Gasteiger partial charge in [0.2, 0.25) is 0 Å². The van der Waals surface area contributed by atoms with Gasteiger partial charge in [-0.25, -0.2) is 0 Å². The summed E-state index contributed by atoms with van der Waals surface area (Å²) in [6.45, 7) is 4.37. The fraction of sp³-hybridized carbons (Fsp3) is 0.400. The molecular weight excluding hydrogens is 190 g/mol. The number of anilines is 1. The van der Waals surface area contributed by atoms with E-state index >= 15 is 0 Å². The summed E-state index contributed by atoms with van der Waals surface area (Å²) < 4.78 is 0. The van der Waals surface area contributed by atoms with E-state index in [9.17, 15) is 0 Å². The van der Waals surface area contributed by atoms with Crippen molar-refractivity contribution in [2.24, 2.45) is 0 Å². The Morgan fingerprint density at radius 2 is 1.77 bits per heavy atom. The monoisotopic (exact) mass is 211 g/mol. The highest BCUT2D eigenvalue weighted by Crippen LogP contribution is 2.07. The fourth-order valence-electron chi connectivity index (χ4n) is 0.921. The number of hydrogen-bond acceptors (Lipinski definition) is 1. The predicted octanol–water partition coefficient (Wildman–Crippen LogP) is 0.529. The Kier molecular flexibility index (Phi) is 7.73. The van der Waals surface area contributed by atoms with Crippen molar-refractivity contribution in [2.45, 2.75) is 26.3 Å². The molecule has 1 N–H and O–H groups in total. The van der Waals surface area contributed by atoms with Gasteiger partial charge in [-0.15, -0.1) is 0 Å². The Morgan fingerprint density at radius 3 is 2.23 bits per heavy atom. The van der Waals surface area contributed by atoms with E-state index in [0.717, 1.165) is 6.42 Å². The molecule has 0 aromatic heterocycles. The molecule has 0 aliphatic heterocycles. The predicted molar refractivity (Wildman–Crippen MR) is 69.7 cm³/mol. The van der Waals surface area contributed by atoms with Crippen LogP contribution in [-0.2, 0) is 0 Å². The molecule has 1 unspecified atom stereocenters. The molecule has 0 amide bonds. The van der Waals surface area contributed by atoms with E-state index < -0.39 is 0 Å². The summed E-state index contributed by atoms with van der Waals surface area (Å²) in [6.07, 6.45) is 1.16. The molecule has 0 fully saturated rings. The number of hydrogen-bond donors (Lipinski definition) is 1. The van der Waals surface area contributed by atoms with E-state index in [4.69, 9.17) is 0 Å². The van der Waals surface area contributed by atoms with E-state index in [-0.39, 0.29) is 0 Å². The van der Waals surface area contributed by atoms with E-state index in [1.165, 1.54) is 25.2 Å². The Bertz CT molecular complexity index is 201. The molecule has 1 aromatic rings. The third-order valence-electron chi connectivity index (χ3n) is 1.80. The van der Waals surface area contributed by atoms with Crippen molar-refractivity contribution >= 4 is 25.2 Å². The molecule has 1 aromatic carbocycles. The number of nitrogens with one attached hydrogen (secondary N) is 1. The lowest BCUT2D eigenvalue weighted by Gasteiger charge is -2.11. The van der Waals surface area contributed by atoms with Gasteiger partial charge in [-0.2, -0.15) is 0 Å². The van der Waals surface area contributed by atoms with Gasteiger partial charge in [0, 0.05) is 11.7 Å². The van der Waals surface area contributed by atoms with E-state index in [2.05, 4.69) is 31.3 Å². The van der Waals surface area contributed by atoms with Crippen molar-refractivity contribution in [2.75, 3.05) is 5.32 Å². The zero-order chi connectivity index (χ0) is 10.1. The summed E-state index contributed by atoms with van der Waals surface area (Å²) in [7, 11) is 2.89. The van der Waals surface area contributed by atoms with Gasteiger partial charge in [-0.1, -0.05) is 25.1 Å². The summed E-state index contributed by atoms with van der Waals surface area (Å²) in [4.78, 5) is 0.